The molecule has 1 amide bonds. The quantitative estimate of drug-likeness (QED) is 0.651. The number of carbonyl (C=O) groups is 1. The summed E-state index contributed by atoms with van der Waals surface area (Å²) in [6, 6.07) is 7.38. The molecule has 0 spiro atoms. The number of likely N-dealkylation sites (tertiary alicyclic amines) is 1. The highest BCUT2D eigenvalue weighted by Crippen LogP contribution is 2.20. The number of carbonyl (C=O) groups excluding carboxylic acids is 1. The topological polar surface area (TPSA) is 84.2 Å². The van der Waals surface area contributed by atoms with E-state index in [0.717, 1.165) is 12.8 Å². The van der Waals surface area contributed by atoms with Crippen molar-refractivity contribution >= 4 is 34.4 Å². The first-order chi connectivity index (χ1) is 14.0. The average Bonchev–Trinajstić information content (AvgIpc) is 2.76. The van der Waals surface area contributed by atoms with E-state index >= 15 is 0 Å². The van der Waals surface area contributed by atoms with Gasteiger partial charge in [0.1, 0.15) is 6.54 Å². The number of hydrogen-bond donors (Lipinski definition) is 0. The van der Waals surface area contributed by atoms with Crippen molar-refractivity contribution in [2.24, 2.45) is 0 Å². The van der Waals surface area contributed by atoms with Crippen molar-refractivity contribution in [3.05, 3.63) is 58.4 Å². The van der Waals surface area contributed by atoms with Crippen LogP contribution in [0.5, 0.6) is 0 Å². The van der Waals surface area contributed by atoms with Crippen LogP contribution < -0.4 is 10.5 Å². The molecule has 29 heavy (non-hydrogen) atoms. The summed E-state index contributed by atoms with van der Waals surface area (Å²) in [7, 11) is 1.95. The zero-order chi connectivity index (χ0) is 20.4. The van der Waals surface area contributed by atoms with Crippen LogP contribution in [-0.2, 0) is 11.3 Å². The maximum absolute atomic E-state index is 12.7. The van der Waals surface area contributed by atoms with Crippen molar-refractivity contribution in [1.82, 2.24) is 24.4 Å². The molecule has 4 rings (SSSR count). The average molecular weight is 413 g/mol. The van der Waals surface area contributed by atoms with Crippen LogP contribution in [0.3, 0.4) is 0 Å². The first-order valence-corrected chi connectivity index (χ1v) is 9.83. The van der Waals surface area contributed by atoms with Gasteiger partial charge < -0.3 is 9.80 Å². The van der Waals surface area contributed by atoms with E-state index in [2.05, 4.69) is 15.0 Å². The largest absolute Gasteiger partial charge is 0.341 e. The Labute approximate surface area is 172 Å². The van der Waals surface area contributed by atoms with Crippen molar-refractivity contribution in [3.8, 4) is 0 Å². The van der Waals surface area contributed by atoms with Gasteiger partial charge in [-0.05, 0) is 25.0 Å². The van der Waals surface area contributed by atoms with Gasteiger partial charge in [0.05, 0.1) is 34.6 Å². The van der Waals surface area contributed by atoms with Crippen molar-refractivity contribution in [2.75, 3.05) is 25.0 Å². The molecule has 0 atom stereocenters. The van der Waals surface area contributed by atoms with Gasteiger partial charge in [0, 0.05) is 26.2 Å². The molecule has 1 aliphatic heterocycles. The van der Waals surface area contributed by atoms with Gasteiger partial charge >= 0.3 is 0 Å². The molecule has 3 aromatic rings. The summed E-state index contributed by atoms with van der Waals surface area (Å²) in [4.78, 5) is 41.9. The molecule has 0 aliphatic carbocycles. The Morgan fingerprint density at radius 1 is 1.17 bits per heavy atom. The Morgan fingerprint density at radius 2 is 1.86 bits per heavy atom. The molecular formula is C20H21ClN6O2. The summed E-state index contributed by atoms with van der Waals surface area (Å²) in [6.07, 6.45) is 6.21. The number of anilines is 1. The summed E-state index contributed by atoms with van der Waals surface area (Å²) in [5, 5.41) is 1.02. The summed E-state index contributed by atoms with van der Waals surface area (Å²) < 4.78 is 1.38. The molecule has 150 valence electrons. The lowest BCUT2D eigenvalue weighted by molar-refractivity contribution is -0.132. The number of hydrogen-bond acceptors (Lipinski definition) is 6. The Morgan fingerprint density at radius 3 is 2.59 bits per heavy atom. The third kappa shape index (κ3) is 4.07. The van der Waals surface area contributed by atoms with E-state index < -0.39 is 0 Å². The zero-order valence-electron chi connectivity index (χ0n) is 16.0. The van der Waals surface area contributed by atoms with Gasteiger partial charge in [-0.25, -0.2) is 15.0 Å². The second-order valence-electron chi connectivity index (χ2n) is 7.12. The highest BCUT2D eigenvalue weighted by Gasteiger charge is 2.26. The number of para-hydroxylation sites is 1. The van der Waals surface area contributed by atoms with Gasteiger partial charge in [0.2, 0.25) is 11.9 Å². The van der Waals surface area contributed by atoms with Crippen LogP contribution in [0, 0.1) is 0 Å². The maximum Gasteiger partial charge on any atom is 0.261 e. The van der Waals surface area contributed by atoms with Crippen LogP contribution in [-0.4, -0.2) is 56.5 Å². The van der Waals surface area contributed by atoms with Crippen LogP contribution >= 0.6 is 11.6 Å². The van der Waals surface area contributed by atoms with Crippen LogP contribution in [0.25, 0.3) is 10.9 Å². The van der Waals surface area contributed by atoms with Crippen molar-refractivity contribution in [3.63, 3.8) is 0 Å². The van der Waals surface area contributed by atoms with E-state index in [1.165, 1.54) is 10.9 Å². The van der Waals surface area contributed by atoms with E-state index in [9.17, 15) is 9.59 Å². The molecule has 0 saturated carbocycles. The smallest absolute Gasteiger partial charge is 0.261 e. The fourth-order valence-corrected chi connectivity index (χ4v) is 3.72. The van der Waals surface area contributed by atoms with Gasteiger partial charge in [-0.3, -0.25) is 14.2 Å². The number of fused-ring (bicyclic) bond motifs is 1. The molecule has 2 aromatic heterocycles. The van der Waals surface area contributed by atoms with Gasteiger partial charge in [-0.15, -0.1) is 0 Å². The second-order valence-corrected chi connectivity index (χ2v) is 7.56. The SMILES string of the molecule is CN(c1ncc(Cl)cn1)C1CCN(C(=O)Cn2cnc3ccccc3c2=O)CC1. The number of aromatic nitrogens is 4. The van der Waals surface area contributed by atoms with E-state index in [1.807, 2.05) is 18.0 Å². The molecule has 1 aromatic carbocycles. The molecule has 1 saturated heterocycles. The van der Waals surface area contributed by atoms with E-state index in [-0.39, 0.29) is 24.1 Å². The maximum atomic E-state index is 12.7. The van der Waals surface area contributed by atoms with Gasteiger partial charge in [-0.2, -0.15) is 0 Å². The van der Waals surface area contributed by atoms with Gasteiger partial charge in [-0.1, -0.05) is 23.7 Å². The Bertz CT molecular complexity index is 1080. The monoisotopic (exact) mass is 412 g/mol. The predicted octanol–water partition coefficient (Wildman–Crippen LogP) is 1.97. The van der Waals surface area contributed by atoms with Gasteiger partial charge in [0.25, 0.3) is 5.56 Å². The zero-order valence-corrected chi connectivity index (χ0v) is 16.8. The second kappa shape index (κ2) is 8.16. The van der Waals surface area contributed by atoms with Crippen LogP contribution in [0.2, 0.25) is 5.02 Å². The fourth-order valence-electron chi connectivity index (χ4n) is 3.62. The normalized spacial score (nSPS) is 14.9. The van der Waals surface area contributed by atoms with Crippen LogP contribution in [0.1, 0.15) is 12.8 Å². The fraction of sp³-hybridized carbons (Fsp3) is 0.350. The Hall–Kier alpha value is -3.00. The highest BCUT2D eigenvalue weighted by atomic mass is 35.5. The first-order valence-electron chi connectivity index (χ1n) is 9.45. The standard InChI is InChI=1S/C20H21ClN6O2/c1-25(20-22-10-14(21)11-23-20)15-6-8-26(9-7-15)18(28)12-27-13-24-17-5-3-2-4-16(17)19(27)29/h2-5,10-11,13,15H,6-9,12H2,1H3. The number of halogens is 1. The minimum absolute atomic E-state index is 0.00251. The molecule has 8 nitrogen and oxygen atoms in total. The van der Waals surface area contributed by atoms with E-state index in [4.69, 9.17) is 11.6 Å². The molecule has 3 heterocycles. The molecule has 0 N–H and O–H groups in total. The van der Waals surface area contributed by atoms with Crippen LogP contribution in [0.15, 0.2) is 47.8 Å². The summed E-state index contributed by atoms with van der Waals surface area (Å²) in [5.74, 6) is 0.543. The minimum atomic E-state index is -0.196. The Kier molecular flexibility index (Phi) is 5.44. The summed E-state index contributed by atoms with van der Waals surface area (Å²) in [5.41, 5.74) is 0.438. The number of nitrogens with zero attached hydrogens (tertiary/aromatic N) is 6. The number of amides is 1. The minimum Gasteiger partial charge on any atom is -0.341 e. The molecule has 0 bridgehead atoms. The Balaban J connectivity index is 1.39. The summed E-state index contributed by atoms with van der Waals surface area (Å²) >= 11 is 5.85. The lowest BCUT2D eigenvalue weighted by atomic mass is 10.0. The molecule has 0 unspecified atom stereocenters. The third-order valence-electron chi connectivity index (χ3n) is 5.32. The van der Waals surface area contributed by atoms with Crippen molar-refractivity contribution in [2.45, 2.75) is 25.4 Å². The number of rotatable bonds is 4. The molecule has 1 fully saturated rings. The first kappa shape index (κ1) is 19.3. The molecule has 9 heteroatoms. The van der Waals surface area contributed by atoms with Crippen LogP contribution in [0.4, 0.5) is 5.95 Å². The molecular weight excluding hydrogens is 392 g/mol. The summed E-state index contributed by atoms with van der Waals surface area (Å²) in [6.45, 7) is 1.24. The lowest BCUT2D eigenvalue weighted by Crippen LogP contribution is -2.47. The van der Waals surface area contributed by atoms with Gasteiger partial charge in [0.15, 0.2) is 0 Å². The number of benzene rings is 1. The van der Waals surface area contributed by atoms with Crippen molar-refractivity contribution < 1.29 is 4.79 Å². The van der Waals surface area contributed by atoms with Crippen molar-refractivity contribution in [1.29, 1.82) is 0 Å². The molecule has 1 aliphatic rings. The van der Waals surface area contributed by atoms with E-state index in [0.29, 0.717) is 35.0 Å². The number of piperidine rings is 1. The highest BCUT2D eigenvalue weighted by molar-refractivity contribution is 6.30. The lowest BCUT2D eigenvalue weighted by Gasteiger charge is -2.36. The predicted molar refractivity (Wildman–Crippen MR) is 111 cm³/mol. The van der Waals surface area contributed by atoms with E-state index in [1.54, 1.807) is 35.5 Å². The third-order valence-corrected chi connectivity index (χ3v) is 5.52. The molecule has 0 radical (unpaired) electrons.